The minimum Gasteiger partial charge on any atom is -0.387 e. The number of fused-ring (bicyclic) bond motifs is 2. The molecule has 0 saturated heterocycles. The summed E-state index contributed by atoms with van der Waals surface area (Å²) in [5, 5.41) is 11.2. The van der Waals surface area contributed by atoms with Gasteiger partial charge in [-0.05, 0) is 29.2 Å². The van der Waals surface area contributed by atoms with Crippen LogP contribution in [0, 0.1) is 16.7 Å². The van der Waals surface area contributed by atoms with E-state index in [2.05, 4.69) is 40.2 Å². The van der Waals surface area contributed by atoms with Crippen LogP contribution in [0.4, 0.5) is 0 Å². The van der Waals surface area contributed by atoms with Crippen LogP contribution < -0.4 is 0 Å². The Morgan fingerprint density at radius 2 is 1.87 bits per heavy atom. The van der Waals surface area contributed by atoms with Crippen LogP contribution in [0.5, 0.6) is 0 Å². The molecule has 1 amide bonds. The lowest BCUT2D eigenvalue weighted by Gasteiger charge is -2.36. The van der Waals surface area contributed by atoms with Gasteiger partial charge < -0.3 is 10.0 Å². The molecular weight excluding hydrogens is 306 g/mol. The van der Waals surface area contributed by atoms with Crippen molar-refractivity contribution in [1.82, 2.24) is 4.90 Å². The topological polar surface area (TPSA) is 40.5 Å². The van der Waals surface area contributed by atoms with Gasteiger partial charge >= 0.3 is 0 Å². The van der Waals surface area contributed by atoms with E-state index in [1.54, 1.807) is 17.1 Å². The van der Waals surface area contributed by atoms with Crippen LogP contribution in [-0.4, -0.2) is 52.4 Å². The molecule has 0 aliphatic heterocycles. The molecule has 130 valence electrons. The molecule has 4 heteroatoms. The van der Waals surface area contributed by atoms with E-state index in [9.17, 15) is 9.90 Å². The van der Waals surface area contributed by atoms with Crippen molar-refractivity contribution < 1.29 is 9.90 Å². The standard InChI is InChI=1S/C19H32NO2S/c1-7-11-20(12-8-2)15(21)13-23(6)16-14-9-10-19(5,17(16)22)18(14,3)4/h7-8,14,16-17,22H,1-2,9-13H2,3-6H3/q+1. The summed E-state index contributed by atoms with van der Waals surface area (Å²) in [4.78, 5) is 14.4. The quantitative estimate of drug-likeness (QED) is 0.573. The molecule has 5 atom stereocenters. The summed E-state index contributed by atoms with van der Waals surface area (Å²) < 4.78 is 0. The average molecular weight is 339 g/mol. The van der Waals surface area contributed by atoms with Crippen molar-refractivity contribution >= 4 is 16.8 Å². The number of hydrogen-bond donors (Lipinski definition) is 1. The maximum Gasteiger partial charge on any atom is 0.273 e. The second kappa shape index (κ2) is 6.64. The number of aliphatic hydroxyl groups excluding tert-OH is 1. The van der Waals surface area contributed by atoms with Crippen LogP contribution in [0.2, 0.25) is 0 Å². The molecule has 0 aromatic carbocycles. The fourth-order valence-corrected chi connectivity index (χ4v) is 7.26. The summed E-state index contributed by atoms with van der Waals surface area (Å²) in [5.74, 6) is 1.19. The van der Waals surface area contributed by atoms with Crippen LogP contribution >= 0.6 is 0 Å². The average Bonchev–Trinajstić information content (AvgIpc) is 2.79. The SMILES string of the molecule is C=CCN(CC=C)C(=O)C[S+](C)C1C2CCC(C)(C1O)C2(C)C. The Kier molecular flexibility index (Phi) is 5.37. The molecule has 0 radical (unpaired) electrons. The minimum absolute atomic E-state index is 0.00540. The van der Waals surface area contributed by atoms with Crippen molar-refractivity contribution in [3.05, 3.63) is 25.3 Å². The molecule has 2 saturated carbocycles. The van der Waals surface area contributed by atoms with Crippen molar-refractivity contribution in [1.29, 1.82) is 0 Å². The molecule has 0 aromatic heterocycles. The van der Waals surface area contributed by atoms with E-state index < -0.39 is 0 Å². The highest BCUT2D eigenvalue weighted by Crippen LogP contribution is 2.66. The van der Waals surface area contributed by atoms with Gasteiger partial charge in [-0.25, -0.2) is 0 Å². The Balaban J connectivity index is 2.09. The zero-order valence-electron chi connectivity index (χ0n) is 15.0. The van der Waals surface area contributed by atoms with Gasteiger partial charge in [0.2, 0.25) is 0 Å². The predicted octanol–water partition coefficient (Wildman–Crippen LogP) is 2.62. The lowest BCUT2D eigenvalue weighted by Crippen LogP contribution is -2.46. The largest absolute Gasteiger partial charge is 0.387 e. The minimum atomic E-state index is -0.287. The highest BCUT2D eigenvalue weighted by atomic mass is 32.2. The highest BCUT2D eigenvalue weighted by molar-refractivity contribution is 7.97. The highest BCUT2D eigenvalue weighted by Gasteiger charge is 2.70. The molecule has 2 rings (SSSR count). The normalized spacial score (nSPS) is 35.8. The van der Waals surface area contributed by atoms with Crippen molar-refractivity contribution in [3.8, 4) is 0 Å². The summed E-state index contributed by atoms with van der Waals surface area (Å²) in [7, 11) is -0.115. The number of hydrogen-bond acceptors (Lipinski definition) is 2. The third kappa shape index (κ3) is 2.89. The maximum absolute atomic E-state index is 12.6. The van der Waals surface area contributed by atoms with Gasteiger partial charge in [-0.3, -0.25) is 4.79 Å². The Bertz CT molecular complexity index is 480. The van der Waals surface area contributed by atoms with Gasteiger partial charge in [0.1, 0.15) is 11.4 Å². The van der Waals surface area contributed by atoms with Crippen LogP contribution in [0.1, 0.15) is 33.6 Å². The first-order valence-electron chi connectivity index (χ1n) is 8.49. The molecule has 0 heterocycles. The van der Waals surface area contributed by atoms with E-state index in [0.29, 0.717) is 24.8 Å². The molecule has 2 aliphatic rings. The van der Waals surface area contributed by atoms with Gasteiger partial charge in [-0.15, -0.1) is 13.2 Å². The number of rotatable bonds is 7. The third-order valence-corrected chi connectivity index (χ3v) is 8.82. The molecule has 2 bridgehead atoms. The zero-order valence-corrected chi connectivity index (χ0v) is 15.9. The summed E-state index contributed by atoms with van der Waals surface area (Å²) in [5.41, 5.74) is 0.151. The number of amides is 1. The first-order valence-corrected chi connectivity index (χ1v) is 10.4. The summed E-state index contributed by atoms with van der Waals surface area (Å²) in [6.07, 6.45) is 7.67. The van der Waals surface area contributed by atoms with Gasteiger partial charge in [0.15, 0.2) is 5.75 Å². The van der Waals surface area contributed by atoms with Gasteiger partial charge in [-0.1, -0.05) is 32.9 Å². The van der Waals surface area contributed by atoms with Crippen LogP contribution in [0.25, 0.3) is 0 Å². The second-order valence-electron chi connectivity index (χ2n) is 7.91. The van der Waals surface area contributed by atoms with E-state index in [1.165, 1.54) is 6.42 Å². The van der Waals surface area contributed by atoms with Crippen molar-refractivity contribution in [2.24, 2.45) is 16.7 Å². The summed E-state index contributed by atoms with van der Waals surface area (Å²) in [6.45, 7) is 15.4. The third-order valence-electron chi connectivity index (χ3n) is 6.60. The second-order valence-corrected chi connectivity index (χ2v) is 10.1. The molecule has 2 aliphatic carbocycles. The van der Waals surface area contributed by atoms with Crippen molar-refractivity contribution in [3.63, 3.8) is 0 Å². The summed E-state index contributed by atoms with van der Waals surface area (Å²) in [6, 6.07) is 0. The number of carbonyl (C=O) groups excluding carboxylic acids is 1. The monoisotopic (exact) mass is 338 g/mol. The van der Waals surface area contributed by atoms with E-state index in [0.717, 1.165) is 6.42 Å². The Hall–Kier alpha value is -0.740. The van der Waals surface area contributed by atoms with E-state index >= 15 is 0 Å². The van der Waals surface area contributed by atoms with Gasteiger partial charge in [0.25, 0.3) is 5.91 Å². The van der Waals surface area contributed by atoms with Crippen molar-refractivity contribution in [2.45, 2.75) is 45.0 Å². The first kappa shape index (κ1) is 18.6. The van der Waals surface area contributed by atoms with Gasteiger partial charge in [0, 0.05) is 24.4 Å². The maximum atomic E-state index is 12.6. The molecule has 23 heavy (non-hydrogen) atoms. The Morgan fingerprint density at radius 1 is 1.30 bits per heavy atom. The van der Waals surface area contributed by atoms with Crippen molar-refractivity contribution in [2.75, 3.05) is 25.1 Å². The molecule has 1 N–H and O–H groups in total. The molecule has 2 fully saturated rings. The Labute approximate surface area is 144 Å². The van der Waals surface area contributed by atoms with E-state index in [1.807, 2.05) is 0 Å². The van der Waals surface area contributed by atoms with Gasteiger partial charge in [-0.2, -0.15) is 0 Å². The number of aliphatic hydroxyl groups is 1. The molecular formula is C19H32NO2S+. The van der Waals surface area contributed by atoms with Crippen LogP contribution in [0.15, 0.2) is 25.3 Å². The lowest BCUT2D eigenvalue weighted by atomic mass is 9.70. The van der Waals surface area contributed by atoms with Crippen LogP contribution in [0.3, 0.4) is 0 Å². The number of nitrogens with zero attached hydrogens (tertiary/aromatic N) is 1. The zero-order chi connectivity index (χ0) is 17.4. The van der Waals surface area contributed by atoms with Gasteiger partial charge in [0.05, 0.1) is 6.26 Å². The summed E-state index contributed by atoms with van der Waals surface area (Å²) >= 11 is 0. The van der Waals surface area contributed by atoms with Crippen LogP contribution in [-0.2, 0) is 15.7 Å². The molecule has 5 unspecified atom stereocenters. The fraction of sp³-hybridized carbons (Fsp3) is 0.737. The lowest BCUT2D eigenvalue weighted by molar-refractivity contribution is -0.127. The molecule has 3 nitrogen and oxygen atoms in total. The van der Waals surface area contributed by atoms with E-state index in [-0.39, 0.29) is 39.0 Å². The molecule has 0 spiro atoms. The first-order chi connectivity index (χ1) is 10.7. The number of carbonyl (C=O) groups is 1. The van der Waals surface area contributed by atoms with E-state index in [4.69, 9.17) is 0 Å². The fourth-order valence-electron chi connectivity index (χ4n) is 4.72. The molecule has 0 aromatic rings. The smallest absolute Gasteiger partial charge is 0.273 e. The predicted molar refractivity (Wildman–Crippen MR) is 99.5 cm³/mol. The Morgan fingerprint density at radius 3 is 2.30 bits per heavy atom.